The summed E-state index contributed by atoms with van der Waals surface area (Å²) in [4.78, 5) is 0. The lowest BCUT2D eigenvalue weighted by Gasteiger charge is -2.23. The number of fused-ring (bicyclic) bond motifs is 2. The minimum absolute atomic E-state index is 0.458. The van der Waals surface area contributed by atoms with E-state index in [4.69, 9.17) is 0 Å². The second kappa shape index (κ2) is 7.13. The first-order chi connectivity index (χ1) is 8.27. The maximum Gasteiger partial charge on any atom is -0.0206 e. The standard InChI is InChI=1S/C16H31P/c1-14(2)8-4-3-7-13-17-15-9-5-6-10-16(17)12-11-15/h14-16H,3-13H2,1-2H3. The summed E-state index contributed by atoms with van der Waals surface area (Å²) in [7, 11) is 0.458. The molecule has 1 heteroatoms. The predicted molar refractivity (Wildman–Crippen MR) is 80.4 cm³/mol. The van der Waals surface area contributed by atoms with Crippen molar-refractivity contribution < 1.29 is 0 Å². The SMILES string of the molecule is CC(C)CCCCCP1C2CCCCC1CC2. The molecule has 0 saturated carbocycles. The highest BCUT2D eigenvalue weighted by molar-refractivity contribution is 7.59. The Bertz CT molecular complexity index is 198. The van der Waals surface area contributed by atoms with Crippen molar-refractivity contribution in [2.75, 3.05) is 6.16 Å². The second-order valence-electron chi connectivity index (χ2n) is 6.65. The topological polar surface area (TPSA) is 0 Å². The van der Waals surface area contributed by atoms with Gasteiger partial charge in [0.1, 0.15) is 0 Å². The van der Waals surface area contributed by atoms with Gasteiger partial charge >= 0.3 is 0 Å². The summed E-state index contributed by atoms with van der Waals surface area (Å²) in [5, 5.41) is 0. The number of hydrogen-bond acceptors (Lipinski definition) is 0. The zero-order chi connectivity index (χ0) is 12.1. The molecule has 100 valence electrons. The highest BCUT2D eigenvalue weighted by atomic mass is 31.1. The van der Waals surface area contributed by atoms with Crippen molar-refractivity contribution in [3.8, 4) is 0 Å². The highest BCUT2D eigenvalue weighted by Crippen LogP contribution is 2.60. The van der Waals surface area contributed by atoms with Crippen LogP contribution in [0.1, 0.15) is 78.1 Å². The van der Waals surface area contributed by atoms with E-state index in [9.17, 15) is 0 Å². The molecule has 0 N–H and O–H groups in total. The van der Waals surface area contributed by atoms with Crippen LogP contribution in [0.25, 0.3) is 0 Å². The van der Waals surface area contributed by atoms with Gasteiger partial charge < -0.3 is 0 Å². The van der Waals surface area contributed by atoms with E-state index in [0.29, 0.717) is 7.92 Å². The van der Waals surface area contributed by atoms with Crippen molar-refractivity contribution in [1.82, 2.24) is 0 Å². The molecule has 17 heavy (non-hydrogen) atoms. The molecule has 2 bridgehead atoms. The summed E-state index contributed by atoms with van der Waals surface area (Å²) in [6, 6.07) is 0. The van der Waals surface area contributed by atoms with Gasteiger partial charge in [0.25, 0.3) is 0 Å². The minimum atomic E-state index is 0.458. The fraction of sp³-hybridized carbons (Fsp3) is 1.00. The highest BCUT2D eigenvalue weighted by Gasteiger charge is 2.35. The minimum Gasteiger partial charge on any atom is -0.100 e. The first-order valence-corrected chi connectivity index (χ1v) is 9.69. The van der Waals surface area contributed by atoms with Crippen molar-refractivity contribution in [1.29, 1.82) is 0 Å². The van der Waals surface area contributed by atoms with Crippen LogP contribution < -0.4 is 0 Å². The number of rotatable bonds is 6. The Hall–Kier alpha value is 0.430. The molecule has 0 nitrogen and oxygen atoms in total. The Labute approximate surface area is 110 Å². The quantitative estimate of drug-likeness (QED) is 0.415. The Morgan fingerprint density at radius 1 is 0.882 bits per heavy atom. The first kappa shape index (κ1) is 13.9. The fourth-order valence-corrected chi connectivity index (χ4v) is 7.69. The third-order valence-electron chi connectivity index (χ3n) is 4.79. The monoisotopic (exact) mass is 254 g/mol. The Morgan fingerprint density at radius 3 is 2.12 bits per heavy atom. The Kier molecular flexibility index (Phi) is 5.81. The molecule has 0 aromatic carbocycles. The lowest BCUT2D eigenvalue weighted by atomic mass is 10.0. The average molecular weight is 254 g/mol. The van der Waals surface area contributed by atoms with E-state index < -0.39 is 0 Å². The van der Waals surface area contributed by atoms with E-state index in [1.165, 1.54) is 30.6 Å². The zero-order valence-corrected chi connectivity index (χ0v) is 12.9. The van der Waals surface area contributed by atoms with Gasteiger partial charge in [-0.2, -0.15) is 0 Å². The van der Waals surface area contributed by atoms with Crippen LogP contribution in [-0.2, 0) is 0 Å². The lowest BCUT2D eigenvalue weighted by Crippen LogP contribution is -2.04. The van der Waals surface area contributed by atoms with Gasteiger partial charge in [-0.3, -0.25) is 0 Å². The number of unbranched alkanes of at least 4 members (excludes halogenated alkanes) is 2. The van der Waals surface area contributed by atoms with Crippen LogP contribution in [0.5, 0.6) is 0 Å². The molecule has 0 spiro atoms. The third-order valence-corrected chi connectivity index (χ3v) is 8.54. The summed E-state index contributed by atoms with van der Waals surface area (Å²) in [5.41, 5.74) is 2.39. The van der Waals surface area contributed by atoms with Gasteiger partial charge in [-0.15, -0.1) is 7.92 Å². The molecule has 2 heterocycles. The van der Waals surface area contributed by atoms with Crippen LogP contribution in [0.2, 0.25) is 0 Å². The molecule has 0 aromatic heterocycles. The van der Waals surface area contributed by atoms with Crippen molar-refractivity contribution >= 4 is 7.92 Å². The van der Waals surface area contributed by atoms with Crippen LogP contribution in [0.15, 0.2) is 0 Å². The largest absolute Gasteiger partial charge is 0.100 e. The average Bonchev–Trinajstić information content (AvgIpc) is 2.51. The summed E-state index contributed by atoms with van der Waals surface area (Å²) in [6.07, 6.45) is 17.1. The van der Waals surface area contributed by atoms with E-state index in [1.54, 1.807) is 51.1 Å². The molecule has 0 radical (unpaired) electrons. The van der Waals surface area contributed by atoms with Crippen molar-refractivity contribution in [3.05, 3.63) is 0 Å². The zero-order valence-electron chi connectivity index (χ0n) is 12.0. The molecule has 0 aliphatic carbocycles. The van der Waals surface area contributed by atoms with Crippen LogP contribution in [0.4, 0.5) is 0 Å². The van der Waals surface area contributed by atoms with E-state index >= 15 is 0 Å². The predicted octanol–water partition coefficient (Wildman–Crippen LogP) is 5.79. The van der Waals surface area contributed by atoms with Crippen LogP contribution in [0.3, 0.4) is 0 Å². The smallest absolute Gasteiger partial charge is 0.0206 e. The van der Waals surface area contributed by atoms with Gasteiger partial charge in [-0.05, 0) is 55.5 Å². The number of hydrogen-bond donors (Lipinski definition) is 0. The molecular weight excluding hydrogens is 223 g/mol. The normalized spacial score (nSPS) is 33.0. The Balaban J connectivity index is 1.64. The molecule has 2 fully saturated rings. The van der Waals surface area contributed by atoms with Gasteiger partial charge in [0.05, 0.1) is 0 Å². The van der Waals surface area contributed by atoms with Gasteiger partial charge in [0.15, 0.2) is 0 Å². The summed E-state index contributed by atoms with van der Waals surface area (Å²) < 4.78 is 0. The molecule has 2 unspecified atom stereocenters. The molecule has 2 rings (SSSR count). The molecule has 0 amide bonds. The summed E-state index contributed by atoms with van der Waals surface area (Å²) in [5.74, 6) is 0.912. The van der Waals surface area contributed by atoms with E-state index in [-0.39, 0.29) is 0 Å². The van der Waals surface area contributed by atoms with Gasteiger partial charge in [-0.25, -0.2) is 0 Å². The lowest BCUT2D eigenvalue weighted by molar-refractivity contribution is 0.535. The van der Waals surface area contributed by atoms with Crippen molar-refractivity contribution in [3.63, 3.8) is 0 Å². The van der Waals surface area contributed by atoms with Crippen molar-refractivity contribution in [2.45, 2.75) is 89.4 Å². The third kappa shape index (κ3) is 4.23. The van der Waals surface area contributed by atoms with E-state index in [1.807, 2.05) is 0 Å². The first-order valence-electron chi connectivity index (χ1n) is 8.03. The fourth-order valence-electron chi connectivity index (χ4n) is 3.78. The maximum atomic E-state index is 2.36. The molecular formula is C16H31P. The van der Waals surface area contributed by atoms with Crippen LogP contribution in [0, 0.1) is 5.92 Å². The van der Waals surface area contributed by atoms with E-state index in [2.05, 4.69) is 13.8 Å². The maximum absolute atomic E-state index is 2.36. The molecule has 2 atom stereocenters. The van der Waals surface area contributed by atoms with Gasteiger partial charge in [-0.1, -0.05) is 46.0 Å². The molecule has 2 aliphatic rings. The van der Waals surface area contributed by atoms with Gasteiger partial charge in [0, 0.05) is 0 Å². The second-order valence-corrected chi connectivity index (χ2v) is 9.59. The molecule has 0 aromatic rings. The van der Waals surface area contributed by atoms with Gasteiger partial charge in [0.2, 0.25) is 0 Å². The van der Waals surface area contributed by atoms with Crippen LogP contribution in [-0.4, -0.2) is 17.5 Å². The van der Waals surface area contributed by atoms with Crippen LogP contribution >= 0.6 is 7.92 Å². The summed E-state index contributed by atoms with van der Waals surface area (Å²) in [6.45, 7) is 4.71. The van der Waals surface area contributed by atoms with Crippen molar-refractivity contribution in [2.24, 2.45) is 5.92 Å². The molecule has 2 aliphatic heterocycles. The van der Waals surface area contributed by atoms with E-state index in [0.717, 1.165) is 5.92 Å². The molecule has 2 saturated heterocycles. The Morgan fingerprint density at radius 2 is 1.53 bits per heavy atom. The summed E-state index contributed by atoms with van der Waals surface area (Å²) >= 11 is 0.